The van der Waals surface area contributed by atoms with E-state index in [4.69, 9.17) is 5.73 Å². The highest BCUT2D eigenvalue weighted by molar-refractivity contribution is 5.35. The first-order chi connectivity index (χ1) is 9.65. The first kappa shape index (κ1) is 15.0. The van der Waals surface area contributed by atoms with Crippen LogP contribution in [0.15, 0.2) is 48.1 Å². The molecule has 0 amide bonds. The van der Waals surface area contributed by atoms with Gasteiger partial charge >= 0.3 is 0 Å². The minimum atomic E-state index is -0.453. The topological polar surface area (TPSA) is 26.0 Å². The van der Waals surface area contributed by atoms with Gasteiger partial charge in [-0.3, -0.25) is 0 Å². The summed E-state index contributed by atoms with van der Waals surface area (Å²) in [5.41, 5.74) is 9.69. The molecule has 1 aromatic rings. The van der Waals surface area contributed by atoms with Crippen molar-refractivity contribution < 1.29 is 4.39 Å². The molecule has 2 heteroatoms. The van der Waals surface area contributed by atoms with Crippen molar-refractivity contribution in [3.8, 4) is 0 Å². The normalized spacial score (nSPS) is 21.4. The van der Waals surface area contributed by atoms with E-state index < -0.39 is 6.67 Å². The van der Waals surface area contributed by atoms with Crippen LogP contribution >= 0.6 is 0 Å². The van der Waals surface area contributed by atoms with Crippen LogP contribution in [-0.4, -0.2) is 12.7 Å². The lowest BCUT2D eigenvalue weighted by Crippen LogP contribution is -2.33. The van der Waals surface area contributed by atoms with Gasteiger partial charge in [-0.15, -0.1) is 0 Å². The molecule has 0 radical (unpaired) electrons. The van der Waals surface area contributed by atoms with Crippen molar-refractivity contribution in [1.82, 2.24) is 0 Å². The standard InChI is InChI=1S/C18H24FN/c1-3-17(18(20)12-19)16-10-8-15(9-11-16)14-6-4-13(2)5-7-14/h4-8,10-11,15,17-18H,3,9,12,20H2,1-2H3. The second kappa shape index (κ2) is 6.85. The fourth-order valence-corrected chi connectivity index (χ4v) is 2.87. The Morgan fingerprint density at radius 1 is 1.30 bits per heavy atom. The highest BCUT2D eigenvalue weighted by atomic mass is 19.1. The summed E-state index contributed by atoms with van der Waals surface area (Å²) in [6.07, 6.45) is 8.46. The zero-order valence-corrected chi connectivity index (χ0v) is 12.4. The van der Waals surface area contributed by atoms with Crippen molar-refractivity contribution in [2.24, 2.45) is 11.7 Å². The number of halogens is 1. The Kier molecular flexibility index (Phi) is 5.13. The molecule has 20 heavy (non-hydrogen) atoms. The van der Waals surface area contributed by atoms with Gasteiger partial charge in [0.15, 0.2) is 0 Å². The number of hydrogen-bond acceptors (Lipinski definition) is 1. The van der Waals surface area contributed by atoms with Crippen LogP contribution in [0.2, 0.25) is 0 Å². The Morgan fingerprint density at radius 3 is 2.50 bits per heavy atom. The molecule has 0 fully saturated rings. The van der Waals surface area contributed by atoms with Gasteiger partial charge in [0.2, 0.25) is 0 Å². The van der Waals surface area contributed by atoms with Gasteiger partial charge in [-0.05, 0) is 30.9 Å². The van der Waals surface area contributed by atoms with Gasteiger partial charge in [-0.2, -0.15) is 0 Å². The van der Waals surface area contributed by atoms with E-state index >= 15 is 0 Å². The van der Waals surface area contributed by atoms with Crippen molar-refractivity contribution in [1.29, 1.82) is 0 Å². The molecule has 1 nitrogen and oxygen atoms in total. The highest BCUT2D eigenvalue weighted by Gasteiger charge is 2.21. The highest BCUT2D eigenvalue weighted by Crippen LogP contribution is 2.31. The molecule has 0 saturated carbocycles. The number of hydrogen-bond donors (Lipinski definition) is 1. The Labute approximate surface area is 121 Å². The number of aryl methyl sites for hydroxylation is 1. The van der Waals surface area contributed by atoms with Crippen LogP contribution in [0.25, 0.3) is 0 Å². The zero-order chi connectivity index (χ0) is 14.5. The lowest BCUT2D eigenvalue weighted by Gasteiger charge is -2.25. The summed E-state index contributed by atoms with van der Waals surface area (Å²) in [6.45, 7) is 3.72. The lowest BCUT2D eigenvalue weighted by atomic mass is 9.82. The quantitative estimate of drug-likeness (QED) is 0.851. The first-order valence-electron chi connectivity index (χ1n) is 7.42. The fourth-order valence-electron chi connectivity index (χ4n) is 2.87. The minimum Gasteiger partial charge on any atom is -0.325 e. The van der Waals surface area contributed by atoms with Crippen molar-refractivity contribution in [3.63, 3.8) is 0 Å². The monoisotopic (exact) mass is 273 g/mol. The summed E-state index contributed by atoms with van der Waals surface area (Å²) >= 11 is 0. The van der Waals surface area contributed by atoms with Crippen LogP contribution in [0.3, 0.4) is 0 Å². The van der Waals surface area contributed by atoms with E-state index in [0.29, 0.717) is 5.92 Å². The van der Waals surface area contributed by atoms with Crippen LogP contribution in [0, 0.1) is 12.8 Å². The van der Waals surface area contributed by atoms with E-state index in [1.165, 1.54) is 16.7 Å². The number of benzene rings is 1. The van der Waals surface area contributed by atoms with Crippen molar-refractivity contribution in [2.45, 2.75) is 38.6 Å². The average molecular weight is 273 g/mol. The molecule has 0 heterocycles. The summed E-state index contributed by atoms with van der Waals surface area (Å²) in [7, 11) is 0. The molecule has 0 saturated heterocycles. The predicted molar refractivity (Wildman–Crippen MR) is 83.5 cm³/mol. The maximum Gasteiger partial charge on any atom is 0.105 e. The first-order valence-corrected chi connectivity index (χ1v) is 7.42. The third kappa shape index (κ3) is 3.37. The molecule has 0 bridgehead atoms. The molecule has 3 atom stereocenters. The van der Waals surface area contributed by atoms with E-state index in [-0.39, 0.29) is 12.0 Å². The Morgan fingerprint density at radius 2 is 2.00 bits per heavy atom. The summed E-state index contributed by atoms with van der Waals surface area (Å²) < 4.78 is 12.8. The van der Waals surface area contributed by atoms with Gasteiger partial charge in [-0.1, -0.05) is 55.0 Å². The Bertz CT molecular complexity index is 487. The molecule has 2 N–H and O–H groups in total. The van der Waals surface area contributed by atoms with Gasteiger partial charge in [0.05, 0.1) is 0 Å². The average Bonchev–Trinajstić information content (AvgIpc) is 2.49. The molecule has 1 aliphatic carbocycles. The number of rotatable bonds is 5. The van der Waals surface area contributed by atoms with Crippen molar-refractivity contribution in [2.75, 3.05) is 6.67 Å². The summed E-state index contributed by atoms with van der Waals surface area (Å²) in [4.78, 5) is 0. The molecule has 3 unspecified atom stereocenters. The zero-order valence-electron chi connectivity index (χ0n) is 12.4. The predicted octanol–water partition coefficient (Wildman–Crippen LogP) is 4.29. The van der Waals surface area contributed by atoms with Gasteiger partial charge < -0.3 is 5.73 Å². The molecular weight excluding hydrogens is 249 g/mol. The summed E-state index contributed by atoms with van der Waals surface area (Å²) in [6, 6.07) is 8.29. The van der Waals surface area contributed by atoms with Crippen molar-refractivity contribution >= 4 is 0 Å². The molecule has 1 aromatic carbocycles. The second-order valence-corrected chi connectivity index (χ2v) is 5.65. The van der Waals surface area contributed by atoms with E-state index in [0.717, 1.165) is 12.8 Å². The maximum absolute atomic E-state index is 12.8. The van der Waals surface area contributed by atoms with Gasteiger partial charge in [0.1, 0.15) is 6.67 Å². The number of allylic oxidation sites excluding steroid dienone is 3. The van der Waals surface area contributed by atoms with E-state index in [1.54, 1.807) is 0 Å². The number of alkyl halides is 1. The van der Waals surface area contributed by atoms with Gasteiger partial charge in [0.25, 0.3) is 0 Å². The molecule has 108 valence electrons. The maximum atomic E-state index is 12.8. The molecule has 0 aromatic heterocycles. The largest absolute Gasteiger partial charge is 0.325 e. The molecule has 1 aliphatic rings. The van der Waals surface area contributed by atoms with Crippen LogP contribution in [0.4, 0.5) is 4.39 Å². The van der Waals surface area contributed by atoms with E-state index in [9.17, 15) is 4.39 Å². The lowest BCUT2D eigenvalue weighted by molar-refractivity contribution is 0.357. The third-order valence-electron chi connectivity index (χ3n) is 4.20. The van der Waals surface area contributed by atoms with Gasteiger partial charge in [0, 0.05) is 17.9 Å². The smallest absolute Gasteiger partial charge is 0.105 e. The van der Waals surface area contributed by atoms with E-state index in [2.05, 4.69) is 56.3 Å². The van der Waals surface area contributed by atoms with E-state index in [1.807, 2.05) is 0 Å². The van der Waals surface area contributed by atoms with Crippen LogP contribution < -0.4 is 5.73 Å². The minimum absolute atomic E-state index is 0.134. The Balaban J connectivity index is 2.07. The fraction of sp³-hybridized carbons (Fsp3) is 0.444. The second-order valence-electron chi connectivity index (χ2n) is 5.65. The van der Waals surface area contributed by atoms with Crippen LogP contribution in [0.5, 0.6) is 0 Å². The molecule has 0 spiro atoms. The Hall–Kier alpha value is -1.41. The van der Waals surface area contributed by atoms with Crippen molar-refractivity contribution in [3.05, 3.63) is 59.2 Å². The molecular formula is C18H24FN. The van der Waals surface area contributed by atoms with Gasteiger partial charge in [-0.25, -0.2) is 4.39 Å². The molecule has 2 rings (SSSR count). The summed E-state index contributed by atoms with van der Waals surface area (Å²) in [5, 5.41) is 0. The van der Waals surface area contributed by atoms with Crippen LogP contribution in [-0.2, 0) is 0 Å². The molecule has 0 aliphatic heterocycles. The third-order valence-corrected chi connectivity index (χ3v) is 4.20. The summed E-state index contributed by atoms with van der Waals surface area (Å²) in [5.74, 6) is 0.564. The number of nitrogens with two attached hydrogens (primary N) is 1. The van der Waals surface area contributed by atoms with Crippen LogP contribution in [0.1, 0.15) is 36.8 Å². The SMILES string of the molecule is CCC(C1=CCC(c2ccc(C)cc2)C=C1)C(N)CF.